The number of carbonyl (C=O) groups is 1. The van der Waals surface area contributed by atoms with E-state index in [9.17, 15) is 4.79 Å². The molecule has 0 aliphatic rings. The lowest BCUT2D eigenvalue weighted by molar-refractivity contribution is -0.142. The molecular formula is C15H21ClO3. The highest BCUT2D eigenvalue weighted by atomic mass is 35.5. The van der Waals surface area contributed by atoms with Crippen molar-refractivity contribution >= 4 is 17.6 Å². The molecule has 0 amide bonds. The van der Waals surface area contributed by atoms with Crippen LogP contribution in [0.5, 0.6) is 5.75 Å². The molecule has 0 bridgehead atoms. The van der Waals surface area contributed by atoms with Crippen LogP contribution < -0.4 is 4.74 Å². The number of ether oxygens (including phenoxy) is 1. The van der Waals surface area contributed by atoms with Gasteiger partial charge in [-0.25, -0.2) is 0 Å². The number of hydrogen-bond donors (Lipinski definition) is 1. The van der Waals surface area contributed by atoms with Crippen molar-refractivity contribution in [1.82, 2.24) is 0 Å². The minimum atomic E-state index is -0.694. The van der Waals surface area contributed by atoms with Gasteiger partial charge >= 0.3 is 5.97 Å². The summed E-state index contributed by atoms with van der Waals surface area (Å²) in [5.41, 5.74) is 0. The number of benzene rings is 1. The lowest BCUT2D eigenvalue weighted by Crippen LogP contribution is -2.14. The van der Waals surface area contributed by atoms with Gasteiger partial charge in [0.1, 0.15) is 5.75 Å². The van der Waals surface area contributed by atoms with Crippen LogP contribution in [0.25, 0.3) is 0 Å². The molecule has 1 aromatic carbocycles. The predicted molar refractivity (Wildman–Crippen MR) is 76.8 cm³/mol. The van der Waals surface area contributed by atoms with Gasteiger partial charge in [-0.2, -0.15) is 0 Å². The van der Waals surface area contributed by atoms with Gasteiger partial charge in [0.05, 0.1) is 12.5 Å². The Morgan fingerprint density at radius 1 is 1.26 bits per heavy atom. The van der Waals surface area contributed by atoms with E-state index >= 15 is 0 Å². The molecule has 0 saturated heterocycles. The molecule has 19 heavy (non-hydrogen) atoms. The van der Waals surface area contributed by atoms with Gasteiger partial charge in [-0.15, -0.1) is 0 Å². The predicted octanol–water partition coefficient (Wildman–Crippen LogP) is 4.39. The van der Waals surface area contributed by atoms with Gasteiger partial charge in [0.25, 0.3) is 0 Å². The number of carboxylic acid groups (broad SMARTS) is 1. The summed E-state index contributed by atoms with van der Waals surface area (Å²) < 4.78 is 5.54. The molecule has 1 aromatic rings. The first kappa shape index (κ1) is 15.8. The average Bonchev–Trinajstić information content (AvgIpc) is 2.39. The van der Waals surface area contributed by atoms with Crippen LogP contribution in [-0.4, -0.2) is 17.7 Å². The molecule has 1 atom stereocenters. The van der Waals surface area contributed by atoms with Crippen molar-refractivity contribution in [3.8, 4) is 5.75 Å². The Kier molecular flexibility index (Phi) is 7.34. The van der Waals surface area contributed by atoms with E-state index in [1.807, 2.05) is 12.1 Å². The molecule has 4 heteroatoms. The number of hydrogen-bond acceptors (Lipinski definition) is 2. The van der Waals surface area contributed by atoms with Gasteiger partial charge in [-0.3, -0.25) is 4.79 Å². The van der Waals surface area contributed by atoms with Crippen LogP contribution in [-0.2, 0) is 4.79 Å². The van der Waals surface area contributed by atoms with E-state index < -0.39 is 5.97 Å². The van der Waals surface area contributed by atoms with Crippen LogP contribution in [0.4, 0.5) is 0 Å². The Morgan fingerprint density at radius 3 is 2.47 bits per heavy atom. The molecule has 3 nitrogen and oxygen atoms in total. The Hall–Kier alpha value is -1.22. The van der Waals surface area contributed by atoms with Crippen LogP contribution in [0.15, 0.2) is 24.3 Å². The van der Waals surface area contributed by atoms with Crippen molar-refractivity contribution in [3.05, 3.63) is 29.3 Å². The molecule has 0 aliphatic carbocycles. The zero-order valence-electron chi connectivity index (χ0n) is 11.3. The standard InChI is InChI=1S/C15H21ClO3/c1-2-3-5-12(15(17)18)6-4-11-19-14-9-7-13(16)8-10-14/h7-10,12H,2-6,11H2,1H3,(H,17,18). The third-order valence-electron chi connectivity index (χ3n) is 3.03. The fourth-order valence-electron chi connectivity index (χ4n) is 1.89. The summed E-state index contributed by atoms with van der Waals surface area (Å²) >= 11 is 5.78. The normalized spacial score (nSPS) is 12.1. The summed E-state index contributed by atoms with van der Waals surface area (Å²) in [5, 5.41) is 9.77. The van der Waals surface area contributed by atoms with Crippen molar-refractivity contribution in [2.75, 3.05) is 6.61 Å². The smallest absolute Gasteiger partial charge is 0.306 e. The Bertz CT molecular complexity index is 375. The molecule has 0 aromatic heterocycles. The summed E-state index contributed by atoms with van der Waals surface area (Å²) in [4.78, 5) is 11.1. The van der Waals surface area contributed by atoms with E-state index in [2.05, 4.69) is 6.92 Å². The third-order valence-corrected chi connectivity index (χ3v) is 3.29. The van der Waals surface area contributed by atoms with Crippen molar-refractivity contribution < 1.29 is 14.6 Å². The maximum Gasteiger partial charge on any atom is 0.306 e. The summed E-state index contributed by atoms with van der Waals surface area (Å²) in [7, 11) is 0. The van der Waals surface area contributed by atoms with E-state index in [4.69, 9.17) is 21.4 Å². The van der Waals surface area contributed by atoms with Crippen LogP contribution in [0.2, 0.25) is 5.02 Å². The molecule has 0 radical (unpaired) electrons. The van der Waals surface area contributed by atoms with Gasteiger partial charge in [-0.05, 0) is 43.5 Å². The maximum atomic E-state index is 11.1. The minimum absolute atomic E-state index is 0.242. The monoisotopic (exact) mass is 284 g/mol. The molecule has 0 heterocycles. The van der Waals surface area contributed by atoms with Crippen molar-refractivity contribution in [1.29, 1.82) is 0 Å². The first-order valence-electron chi connectivity index (χ1n) is 6.74. The maximum absolute atomic E-state index is 11.1. The summed E-state index contributed by atoms with van der Waals surface area (Å²) in [6.07, 6.45) is 4.18. The van der Waals surface area contributed by atoms with Crippen LogP contribution in [0, 0.1) is 5.92 Å². The summed E-state index contributed by atoms with van der Waals surface area (Å²) in [6, 6.07) is 7.18. The van der Waals surface area contributed by atoms with E-state index in [-0.39, 0.29) is 5.92 Å². The number of unbranched alkanes of at least 4 members (excludes halogenated alkanes) is 1. The van der Waals surface area contributed by atoms with Gasteiger partial charge in [0, 0.05) is 5.02 Å². The van der Waals surface area contributed by atoms with Gasteiger partial charge in [-0.1, -0.05) is 31.4 Å². The molecular weight excluding hydrogens is 264 g/mol. The second kappa shape index (κ2) is 8.81. The van der Waals surface area contributed by atoms with Crippen LogP contribution >= 0.6 is 11.6 Å². The first-order chi connectivity index (χ1) is 9.13. The highest BCUT2D eigenvalue weighted by Crippen LogP contribution is 2.18. The number of carboxylic acids is 1. The Labute approximate surface area is 119 Å². The van der Waals surface area contributed by atoms with Crippen molar-refractivity contribution in [2.45, 2.75) is 39.0 Å². The molecule has 0 saturated carbocycles. The highest BCUT2D eigenvalue weighted by Gasteiger charge is 2.15. The summed E-state index contributed by atoms with van der Waals surface area (Å²) in [5.74, 6) is -0.168. The topological polar surface area (TPSA) is 46.5 Å². The Balaban J connectivity index is 2.24. The average molecular weight is 285 g/mol. The largest absolute Gasteiger partial charge is 0.494 e. The van der Waals surface area contributed by atoms with E-state index in [1.165, 1.54) is 0 Å². The SMILES string of the molecule is CCCCC(CCCOc1ccc(Cl)cc1)C(=O)O. The lowest BCUT2D eigenvalue weighted by Gasteiger charge is -2.12. The molecule has 1 unspecified atom stereocenters. The highest BCUT2D eigenvalue weighted by molar-refractivity contribution is 6.30. The molecule has 1 N–H and O–H groups in total. The first-order valence-corrected chi connectivity index (χ1v) is 7.12. The second-order valence-electron chi connectivity index (χ2n) is 4.62. The fourth-order valence-corrected chi connectivity index (χ4v) is 2.02. The zero-order chi connectivity index (χ0) is 14.1. The molecule has 1 rings (SSSR count). The van der Waals surface area contributed by atoms with Crippen molar-refractivity contribution in [3.63, 3.8) is 0 Å². The van der Waals surface area contributed by atoms with Gasteiger partial charge < -0.3 is 9.84 Å². The van der Waals surface area contributed by atoms with Crippen LogP contribution in [0.3, 0.4) is 0 Å². The molecule has 106 valence electrons. The van der Waals surface area contributed by atoms with E-state index in [0.29, 0.717) is 18.1 Å². The van der Waals surface area contributed by atoms with E-state index in [0.717, 1.165) is 31.4 Å². The third kappa shape index (κ3) is 6.48. The lowest BCUT2D eigenvalue weighted by atomic mass is 9.97. The quantitative estimate of drug-likeness (QED) is 0.684. The second-order valence-corrected chi connectivity index (χ2v) is 5.06. The Morgan fingerprint density at radius 2 is 1.89 bits per heavy atom. The molecule has 0 fully saturated rings. The number of aliphatic carboxylic acids is 1. The van der Waals surface area contributed by atoms with Gasteiger partial charge in [0.15, 0.2) is 0 Å². The van der Waals surface area contributed by atoms with E-state index in [1.54, 1.807) is 12.1 Å². The van der Waals surface area contributed by atoms with Gasteiger partial charge in [0.2, 0.25) is 0 Å². The minimum Gasteiger partial charge on any atom is -0.494 e. The van der Waals surface area contributed by atoms with Crippen molar-refractivity contribution in [2.24, 2.45) is 5.92 Å². The number of rotatable bonds is 9. The summed E-state index contributed by atoms with van der Waals surface area (Å²) in [6.45, 7) is 2.61. The number of halogens is 1. The van der Waals surface area contributed by atoms with Crippen LogP contribution in [0.1, 0.15) is 39.0 Å². The molecule has 0 aliphatic heterocycles. The molecule has 0 spiro atoms. The zero-order valence-corrected chi connectivity index (χ0v) is 12.0. The fraction of sp³-hybridized carbons (Fsp3) is 0.533.